The summed E-state index contributed by atoms with van der Waals surface area (Å²) in [6, 6.07) is 19.6. The zero-order valence-corrected chi connectivity index (χ0v) is 24.4. The zero-order chi connectivity index (χ0) is 29.3. The van der Waals surface area contributed by atoms with Crippen LogP contribution in [0.15, 0.2) is 77.9 Å². The van der Waals surface area contributed by atoms with Crippen molar-refractivity contribution in [1.29, 1.82) is 0 Å². The normalized spacial score (nSPS) is 15.0. The van der Waals surface area contributed by atoms with Gasteiger partial charge in [0.2, 0.25) is 11.8 Å². The van der Waals surface area contributed by atoms with Gasteiger partial charge in [0, 0.05) is 63.2 Å². The molecule has 0 saturated heterocycles. The lowest BCUT2D eigenvalue weighted by molar-refractivity contribution is -0.137. The lowest BCUT2D eigenvalue weighted by atomic mass is 9.90. The molecule has 2 amide bonds. The molecule has 0 bridgehead atoms. The Hall–Kier alpha value is -4.30. The van der Waals surface area contributed by atoms with Crippen molar-refractivity contribution in [3.63, 3.8) is 0 Å². The highest BCUT2D eigenvalue weighted by Gasteiger charge is 2.45. The molecule has 0 aliphatic carbocycles. The number of anilines is 2. The van der Waals surface area contributed by atoms with E-state index in [-0.39, 0.29) is 17.4 Å². The molecule has 4 aromatic rings. The lowest BCUT2D eigenvalue weighted by Crippen LogP contribution is -2.47. The van der Waals surface area contributed by atoms with Crippen molar-refractivity contribution >= 4 is 34.0 Å². The zero-order valence-electron chi connectivity index (χ0n) is 24.4. The second kappa shape index (κ2) is 11.3. The van der Waals surface area contributed by atoms with E-state index in [1.165, 1.54) is 0 Å². The maximum absolute atomic E-state index is 13.3. The van der Waals surface area contributed by atoms with Gasteiger partial charge in [-0.15, -0.1) is 0 Å². The van der Waals surface area contributed by atoms with Gasteiger partial charge in [0.05, 0.1) is 11.4 Å². The Labute approximate surface area is 240 Å². The average molecular weight is 552 g/mol. The van der Waals surface area contributed by atoms with Crippen LogP contribution in [-0.2, 0) is 29.2 Å². The number of benzene rings is 2. The van der Waals surface area contributed by atoms with E-state index in [1.807, 2.05) is 74.6 Å². The summed E-state index contributed by atoms with van der Waals surface area (Å²) in [6.07, 6.45) is 3.65. The fourth-order valence-corrected chi connectivity index (χ4v) is 5.60. The summed E-state index contributed by atoms with van der Waals surface area (Å²) in [5.41, 5.74) is 3.39. The standard InChI is InChI=1S/C33H37N5O3/c1-6-38-28-14-13-24(20-29(28)35(5)31(40)33(3,4)32(38)41)21-36(22-26-11-9-16-34-23(26)2)18-19-37-17-15-25-10-7-8-12-27(25)30(37)39/h7-17,20H,6,18-19,21-22H2,1-5H3. The van der Waals surface area contributed by atoms with Crippen molar-refractivity contribution in [2.45, 2.75) is 47.3 Å². The van der Waals surface area contributed by atoms with E-state index in [2.05, 4.69) is 16.0 Å². The molecule has 8 heteroatoms. The third-order valence-electron chi connectivity index (χ3n) is 8.09. The van der Waals surface area contributed by atoms with Crippen molar-refractivity contribution in [3.8, 4) is 0 Å². The second-order valence-corrected chi connectivity index (χ2v) is 11.2. The van der Waals surface area contributed by atoms with Crippen LogP contribution in [-0.4, -0.2) is 46.4 Å². The minimum absolute atomic E-state index is 0.00212. The number of rotatable bonds is 8. The Morgan fingerprint density at radius 2 is 1.68 bits per heavy atom. The van der Waals surface area contributed by atoms with Crippen molar-refractivity contribution in [3.05, 3.63) is 100 Å². The first kappa shape index (κ1) is 28.2. The van der Waals surface area contributed by atoms with Crippen LogP contribution >= 0.6 is 0 Å². The molecule has 0 atom stereocenters. The third kappa shape index (κ3) is 5.39. The Kier molecular flexibility index (Phi) is 7.78. The number of pyridine rings is 2. The van der Waals surface area contributed by atoms with Crippen LogP contribution < -0.4 is 15.4 Å². The Morgan fingerprint density at radius 1 is 0.902 bits per heavy atom. The monoisotopic (exact) mass is 551 g/mol. The molecular weight excluding hydrogens is 514 g/mol. The number of aryl methyl sites for hydroxylation is 1. The summed E-state index contributed by atoms with van der Waals surface area (Å²) >= 11 is 0. The van der Waals surface area contributed by atoms with Gasteiger partial charge in [-0.25, -0.2) is 0 Å². The highest BCUT2D eigenvalue weighted by molar-refractivity contribution is 6.19. The van der Waals surface area contributed by atoms with Crippen molar-refractivity contribution < 1.29 is 9.59 Å². The molecular formula is C33H37N5O3. The summed E-state index contributed by atoms with van der Waals surface area (Å²) in [5.74, 6) is -0.423. The first-order valence-electron chi connectivity index (χ1n) is 14.1. The maximum Gasteiger partial charge on any atom is 0.258 e. The number of aromatic nitrogens is 2. The molecule has 1 aliphatic rings. The van der Waals surface area contributed by atoms with E-state index in [1.54, 1.807) is 41.5 Å². The number of hydrogen-bond acceptors (Lipinski definition) is 5. The second-order valence-electron chi connectivity index (χ2n) is 11.2. The van der Waals surface area contributed by atoms with Gasteiger partial charge in [-0.1, -0.05) is 30.3 Å². The van der Waals surface area contributed by atoms with Crippen molar-refractivity contribution in [1.82, 2.24) is 14.5 Å². The highest BCUT2D eigenvalue weighted by atomic mass is 16.2. The fourth-order valence-electron chi connectivity index (χ4n) is 5.60. The Bertz CT molecular complexity index is 1680. The number of nitrogens with zero attached hydrogens (tertiary/aromatic N) is 5. The molecule has 41 heavy (non-hydrogen) atoms. The van der Waals surface area contributed by atoms with Crippen LogP contribution in [0.5, 0.6) is 0 Å². The van der Waals surface area contributed by atoms with Crippen LogP contribution in [0, 0.1) is 12.3 Å². The van der Waals surface area contributed by atoms with E-state index in [9.17, 15) is 14.4 Å². The van der Waals surface area contributed by atoms with Gasteiger partial charge in [-0.3, -0.25) is 24.3 Å². The number of fused-ring (bicyclic) bond motifs is 2. The molecule has 1 aliphatic heterocycles. The Balaban J connectivity index is 1.46. The highest BCUT2D eigenvalue weighted by Crippen LogP contribution is 2.39. The molecule has 0 fully saturated rings. The van der Waals surface area contributed by atoms with E-state index < -0.39 is 5.41 Å². The minimum atomic E-state index is -1.15. The first-order valence-corrected chi connectivity index (χ1v) is 14.1. The van der Waals surface area contributed by atoms with E-state index in [0.717, 1.165) is 33.6 Å². The van der Waals surface area contributed by atoms with Gasteiger partial charge in [0.1, 0.15) is 5.41 Å². The van der Waals surface area contributed by atoms with E-state index in [0.29, 0.717) is 38.1 Å². The maximum atomic E-state index is 13.3. The van der Waals surface area contributed by atoms with Crippen LogP contribution in [0.25, 0.3) is 10.8 Å². The number of carbonyl (C=O) groups excluding carboxylic acids is 2. The number of amides is 2. The summed E-state index contributed by atoms with van der Waals surface area (Å²) in [7, 11) is 1.74. The molecule has 5 rings (SSSR count). The summed E-state index contributed by atoms with van der Waals surface area (Å²) in [6.45, 7) is 10.2. The molecule has 0 saturated carbocycles. The predicted octanol–water partition coefficient (Wildman–Crippen LogP) is 4.76. The molecule has 0 spiro atoms. The molecule has 3 heterocycles. The fraction of sp³-hybridized carbons (Fsp3) is 0.333. The van der Waals surface area contributed by atoms with Gasteiger partial charge < -0.3 is 14.4 Å². The van der Waals surface area contributed by atoms with Gasteiger partial charge in [-0.2, -0.15) is 0 Å². The number of carbonyl (C=O) groups is 2. The summed E-state index contributed by atoms with van der Waals surface area (Å²) in [4.78, 5) is 49.8. The van der Waals surface area contributed by atoms with Crippen LogP contribution in [0.2, 0.25) is 0 Å². The van der Waals surface area contributed by atoms with Gasteiger partial charge >= 0.3 is 0 Å². The minimum Gasteiger partial charge on any atom is -0.314 e. The van der Waals surface area contributed by atoms with Crippen molar-refractivity contribution in [2.24, 2.45) is 5.41 Å². The molecule has 0 radical (unpaired) electrons. The predicted molar refractivity (Wildman–Crippen MR) is 163 cm³/mol. The van der Waals surface area contributed by atoms with Crippen molar-refractivity contribution in [2.75, 3.05) is 29.9 Å². The van der Waals surface area contributed by atoms with Crippen LogP contribution in [0.1, 0.15) is 37.6 Å². The van der Waals surface area contributed by atoms with Gasteiger partial charge in [-0.05, 0) is 74.5 Å². The van der Waals surface area contributed by atoms with Crippen LogP contribution in [0.3, 0.4) is 0 Å². The smallest absolute Gasteiger partial charge is 0.258 e. The quantitative estimate of drug-likeness (QED) is 0.295. The van der Waals surface area contributed by atoms with Crippen LogP contribution in [0.4, 0.5) is 11.4 Å². The average Bonchev–Trinajstić information content (AvgIpc) is 3.02. The molecule has 2 aromatic carbocycles. The third-order valence-corrected chi connectivity index (χ3v) is 8.09. The van der Waals surface area contributed by atoms with Gasteiger partial charge in [0.25, 0.3) is 5.56 Å². The Morgan fingerprint density at radius 3 is 2.44 bits per heavy atom. The topological polar surface area (TPSA) is 78.8 Å². The molecule has 0 unspecified atom stereocenters. The lowest BCUT2D eigenvalue weighted by Gasteiger charge is -2.27. The molecule has 8 nitrogen and oxygen atoms in total. The molecule has 212 valence electrons. The van der Waals surface area contributed by atoms with E-state index >= 15 is 0 Å². The van der Waals surface area contributed by atoms with E-state index in [4.69, 9.17) is 0 Å². The van der Waals surface area contributed by atoms with Gasteiger partial charge in [0.15, 0.2) is 0 Å². The molecule has 0 N–H and O–H groups in total. The first-order chi connectivity index (χ1) is 19.6. The molecule has 2 aromatic heterocycles. The largest absolute Gasteiger partial charge is 0.314 e. The SMILES string of the molecule is CCN1C(=O)C(C)(C)C(=O)N(C)c2cc(CN(CCn3ccc4ccccc4c3=O)Cc3cccnc3C)ccc21. The summed E-state index contributed by atoms with van der Waals surface area (Å²) < 4.78 is 1.77. The summed E-state index contributed by atoms with van der Waals surface area (Å²) in [5, 5.41) is 1.64. The number of hydrogen-bond donors (Lipinski definition) is 0.